The van der Waals surface area contributed by atoms with Crippen LogP contribution in [0.1, 0.15) is 16.4 Å². The summed E-state index contributed by atoms with van der Waals surface area (Å²) >= 11 is 0. The van der Waals surface area contributed by atoms with E-state index < -0.39 is 37.7 Å². The predicted molar refractivity (Wildman–Crippen MR) is 81.8 cm³/mol. The number of halogens is 3. The SMILES string of the molecule is Cc1ccc(OS(=O)(=O)C(c2ccccc2F)C(F)(F)[N+](=O)[O-])cc1. The van der Waals surface area contributed by atoms with Gasteiger partial charge in [0.1, 0.15) is 11.6 Å². The molecule has 25 heavy (non-hydrogen) atoms. The van der Waals surface area contributed by atoms with Crippen molar-refractivity contribution in [3.63, 3.8) is 0 Å². The second-order valence-electron chi connectivity index (χ2n) is 5.14. The van der Waals surface area contributed by atoms with Crippen LogP contribution in [0.4, 0.5) is 13.2 Å². The molecule has 0 aliphatic carbocycles. The van der Waals surface area contributed by atoms with Gasteiger partial charge in [-0.3, -0.25) is 10.1 Å². The van der Waals surface area contributed by atoms with Crippen LogP contribution in [0.2, 0.25) is 0 Å². The minimum atomic E-state index is -5.30. The van der Waals surface area contributed by atoms with Crippen molar-refractivity contribution in [1.82, 2.24) is 0 Å². The molecular weight excluding hydrogens is 363 g/mol. The van der Waals surface area contributed by atoms with Crippen LogP contribution in [0.25, 0.3) is 0 Å². The molecule has 0 saturated carbocycles. The first-order valence-corrected chi connectivity index (χ1v) is 8.29. The molecule has 0 bridgehead atoms. The summed E-state index contributed by atoms with van der Waals surface area (Å²) in [5.41, 5.74) is -0.317. The summed E-state index contributed by atoms with van der Waals surface area (Å²) in [5.74, 6) is -1.66. The molecule has 0 radical (unpaired) electrons. The van der Waals surface area contributed by atoms with Crippen LogP contribution in [-0.2, 0) is 10.1 Å². The normalized spacial score (nSPS) is 13.3. The number of nitro groups is 1. The highest BCUT2D eigenvalue weighted by Gasteiger charge is 2.62. The molecule has 0 N–H and O–H groups in total. The molecule has 2 aromatic carbocycles. The molecule has 1 atom stereocenters. The van der Waals surface area contributed by atoms with Gasteiger partial charge in [-0.15, -0.1) is 8.78 Å². The Morgan fingerprint density at radius 3 is 2.20 bits per heavy atom. The van der Waals surface area contributed by atoms with Crippen LogP contribution in [0.3, 0.4) is 0 Å². The summed E-state index contributed by atoms with van der Waals surface area (Å²) < 4.78 is 71.1. The zero-order valence-corrected chi connectivity index (χ0v) is 13.5. The number of rotatable bonds is 6. The molecule has 10 heteroatoms. The number of hydrogen-bond acceptors (Lipinski definition) is 5. The lowest BCUT2D eigenvalue weighted by Gasteiger charge is -2.20. The number of nitrogens with zero attached hydrogens (tertiary/aromatic N) is 1. The van der Waals surface area contributed by atoms with Gasteiger partial charge in [-0.2, -0.15) is 8.42 Å². The van der Waals surface area contributed by atoms with Gasteiger partial charge in [-0.05, 0) is 25.1 Å². The molecule has 0 spiro atoms. The molecule has 0 aliphatic rings. The quantitative estimate of drug-likeness (QED) is 0.334. The Morgan fingerprint density at radius 1 is 1.12 bits per heavy atom. The van der Waals surface area contributed by atoms with Gasteiger partial charge in [-0.1, -0.05) is 35.9 Å². The second kappa shape index (κ2) is 6.71. The van der Waals surface area contributed by atoms with Crippen molar-refractivity contribution in [2.24, 2.45) is 0 Å². The van der Waals surface area contributed by atoms with Crippen molar-refractivity contribution >= 4 is 10.1 Å². The lowest BCUT2D eigenvalue weighted by Crippen LogP contribution is -2.41. The van der Waals surface area contributed by atoms with Gasteiger partial charge in [-0.25, -0.2) is 4.39 Å². The highest BCUT2D eigenvalue weighted by atomic mass is 32.2. The molecule has 1 unspecified atom stereocenters. The fourth-order valence-electron chi connectivity index (χ4n) is 2.08. The Hall–Kier alpha value is -2.62. The van der Waals surface area contributed by atoms with E-state index in [4.69, 9.17) is 0 Å². The Balaban J connectivity index is 2.56. The van der Waals surface area contributed by atoms with Crippen molar-refractivity contribution in [3.8, 4) is 5.75 Å². The average Bonchev–Trinajstić information content (AvgIpc) is 2.51. The smallest absolute Gasteiger partial charge is 0.382 e. The van der Waals surface area contributed by atoms with Crippen LogP contribution in [-0.4, -0.2) is 19.4 Å². The third kappa shape index (κ3) is 3.90. The summed E-state index contributed by atoms with van der Waals surface area (Å²) in [6.07, 6.45) is 0. The summed E-state index contributed by atoms with van der Waals surface area (Å²) in [5, 5.41) is 7.55. The molecule has 2 rings (SSSR count). The van der Waals surface area contributed by atoms with Gasteiger partial charge in [0, 0.05) is 5.56 Å². The molecule has 0 aliphatic heterocycles. The van der Waals surface area contributed by atoms with E-state index >= 15 is 0 Å². The third-order valence-corrected chi connectivity index (χ3v) is 4.81. The molecular formula is C15H12F3NO5S. The topological polar surface area (TPSA) is 86.5 Å². The van der Waals surface area contributed by atoms with Crippen molar-refractivity contribution in [2.75, 3.05) is 0 Å². The maximum absolute atomic E-state index is 14.0. The standard InChI is InChI=1S/C15H12F3NO5S/c1-10-6-8-11(9-7-10)24-25(22,23)14(15(17,18)19(20)21)12-4-2-3-5-13(12)16/h2-9,14H,1H3. The molecule has 6 nitrogen and oxygen atoms in total. The summed E-state index contributed by atoms with van der Waals surface area (Å²) in [6, 6.07) is 3.95. The highest BCUT2D eigenvalue weighted by molar-refractivity contribution is 7.87. The first-order valence-electron chi connectivity index (χ1n) is 6.82. The summed E-state index contributed by atoms with van der Waals surface area (Å²) in [4.78, 5) is 8.62. The first-order chi connectivity index (χ1) is 11.6. The fourth-order valence-corrected chi connectivity index (χ4v) is 3.49. The Kier molecular flexibility index (Phi) is 5.02. The van der Waals surface area contributed by atoms with E-state index in [2.05, 4.69) is 4.18 Å². The third-order valence-electron chi connectivity index (χ3n) is 3.27. The second-order valence-corrected chi connectivity index (χ2v) is 6.76. The highest BCUT2D eigenvalue weighted by Crippen LogP contribution is 2.40. The number of alkyl halides is 2. The zero-order chi connectivity index (χ0) is 18.8. The van der Waals surface area contributed by atoms with E-state index in [1.807, 2.05) is 0 Å². The fraction of sp³-hybridized carbons (Fsp3) is 0.200. The van der Waals surface area contributed by atoms with Crippen LogP contribution in [0, 0.1) is 22.9 Å². The Bertz CT molecular complexity index is 884. The van der Waals surface area contributed by atoms with Gasteiger partial charge < -0.3 is 4.18 Å². The van der Waals surface area contributed by atoms with Gasteiger partial charge in [0.05, 0.1) is 4.92 Å². The maximum Gasteiger partial charge on any atom is 0.535 e. The number of aryl methyl sites for hydroxylation is 1. The molecule has 134 valence electrons. The molecule has 2 aromatic rings. The van der Waals surface area contributed by atoms with Crippen LogP contribution in [0.5, 0.6) is 5.75 Å². The Labute approximate surface area is 141 Å². The van der Waals surface area contributed by atoms with Gasteiger partial charge in [0.15, 0.2) is 0 Å². The van der Waals surface area contributed by atoms with Crippen LogP contribution in [0.15, 0.2) is 48.5 Å². The lowest BCUT2D eigenvalue weighted by molar-refractivity contribution is -0.644. The molecule has 0 amide bonds. The van der Waals surface area contributed by atoms with E-state index in [0.717, 1.165) is 29.8 Å². The summed E-state index contributed by atoms with van der Waals surface area (Å²) in [7, 11) is -5.30. The van der Waals surface area contributed by atoms with E-state index in [9.17, 15) is 31.7 Å². The molecule has 0 aromatic heterocycles. The Morgan fingerprint density at radius 2 is 1.68 bits per heavy atom. The molecule has 0 fully saturated rings. The largest absolute Gasteiger partial charge is 0.535 e. The van der Waals surface area contributed by atoms with Crippen molar-refractivity contribution < 1.29 is 30.7 Å². The lowest BCUT2D eigenvalue weighted by atomic mass is 10.1. The van der Waals surface area contributed by atoms with Gasteiger partial charge in [0.2, 0.25) is 0 Å². The van der Waals surface area contributed by atoms with Crippen molar-refractivity contribution in [3.05, 3.63) is 75.6 Å². The van der Waals surface area contributed by atoms with Crippen LogP contribution < -0.4 is 4.18 Å². The van der Waals surface area contributed by atoms with Gasteiger partial charge >= 0.3 is 16.2 Å². The average molecular weight is 375 g/mol. The van der Waals surface area contributed by atoms with E-state index in [1.54, 1.807) is 6.92 Å². The molecule has 0 saturated heterocycles. The van der Waals surface area contributed by atoms with E-state index in [1.165, 1.54) is 24.3 Å². The maximum atomic E-state index is 14.0. The first kappa shape index (κ1) is 18.7. The zero-order valence-electron chi connectivity index (χ0n) is 12.7. The van der Waals surface area contributed by atoms with Gasteiger partial charge in [0.25, 0.3) is 5.25 Å². The van der Waals surface area contributed by atoms with E-state index in [-0.39, 0.29) is 5.75 Å². The van der Waals surface area contributed by atoms with Crippen molar-refractivity contribution in [2.45, 2.75) is 18.2 Å². The van der Waals surface area contributed by atoms with Crippen LogP contribution >= 0.6 is 0 Å². The minimum absolute atomic E-state index is 0.328. The molecule has 0 heterocycles. The number of benzene rings is 2. The van der Waals surface area contributed by atoms with Crippen molar-refractivity contribution in [1.29, 1.82) is 0 Å². The minimum Gasteiger partial charge on any atom is -0.382 e. The summed E-state index contributed by atoms with van der Waals surface area (Å²) in [6.45, 7) is 1.70. The predicted octanol–water partition coefficient (Wildman–Crippen LogP) is 3.45. The number of hydrogen-bond donors (Lipinski definition) is 0. The monoisotopic (exact) mass is 375 g/mol. The van der Waals surface area contributed by atoms with E-state index in [0.29, 0.717) is 0 Å².